The molecular formula is C13H14F7NO. The maximum absolute atomic E-state index is 13.8. The average Bonchev–Trinajstić information content (AvgIpc) is 2.41. The van der Waals surface area contributed by atoms with Crippen molar-refractivity contribution in [2.45, 2.75) is 24.9 Å². The van der Waals surface area contributed by atoms with Gasteiger partial charge in [0.1, 0.15) is 0 Å². The number of benzene rings is 1. The van der Waals surface area contributed by atoms with Crippen molar-refractivity contribution in [1.82, 2.24) is 0 Å². The lowest BCUT2D eigenvalue weighted by Crippen LogP contribution is -2.50. The quantitative estimate of drug-likeness (QED) is 0.829. The predicted octanol–water partition coefficient (Wildman–Crippen LogP) is 3.79. The third-order valence-electron chi connectivity index (χ3n) is 3.16. The molecule has 9 heteroatoms. The molecule has 0 spiro atoms. The van der Waals surface area contributed by atoms with Crippen LogP contribution >= 0.6 is 0 Å². The van der Waals surface area contributed by atoms with Gasteiger partial charge in [-0.2, -0.15) is 26.3 Å². The topological polar surface area (TPSA) is 23.5 Å². The summed E-state index contributed by atoms with van der Waals surface area (Å²) in [6, 6.07) is 2.83. The molecular weight excluding hydrogens is 319 g/mol. The van der Waals surface area contributed by atoms with Gasteiger partial charge in [0, 0.05) is 24.3 Å². The third kappa shape index (κ3) is 3.29. The van der Waals surface area contributed by atoms with E-state index in [2.05, 4.69) is 0 Å². The molecule has 0 heterocycles. The van der Waals surface area contributed by atoms with Crippen LogP contribution in [0.25, 0.3) is 0 Å². The van der Waals surface area contributed by atoms with E-state index < -0.39 is 23.6 Å². The minimum absolute atomic E-state index is 0.148. The lowest BCUT2D eigenvalue weighted by atomic mass is 9.94. The second-order valence-corrected chi connectivity index (χ2v) is 4.50. The summed E-state index contributed by atoms with van der Waals surface area (Å²) < 4.78 is 89.4. The van der Waals surface area contributed by atoms with Gasteiger partial charge in [-0.25, -0.2) is 4.39 Å². The summed E-state index contributed by atoms with van der Waals surface area (Å²) in [5.74, 6) is 0. The zero-order valence-corrected chi connectivity index (χ0v) is 11.5. The molecule has 2 nitrogen and oxygen atoms in total. The zero-order valence-electron chi connectivity index (χ0n) is 11.5. The highest BCUT2D eigenvalue weighted by Gasteiger charge is 2.73. The molecule has 0 saturated carbocycles. The Morgan fingerprint density at radius 3 is 1.68 bits per heavy atom. The van der Waals surface area contributed by atoms with Crippen LogP contribution < -0.4 is 4.90 Å². The molecule has 0 radical (unpaired) electrons. The maximum atomic E-state index is 13.8. The molecule has 0 aliphatic heterocycles. The normalized spacial score (nSPS) is 13.3. The number of hydrogen-bond donors (Lipinski definition) is 1. The summed E-state index contributed by atoms with van der Waals surface area (Å²) in [7, 11) is 0. The minimum Gasteiger partial charge on any atom is -0.395 e. The molecule has 0 unspecified atom stereocenters. The van der Waals surface area contributed by atoms with E-state index >= 15 is 0 Å². The van der Waals surface area contributed by atoms with E-state index in [0.29, 0.717) is 18.7 Å². The third-order valence-corrected chi connectivity index (χ3v) is 3.16. The molecule has 1 aromatic carbocycles. The van der Waals surface area contributed by atoms with Crippen LogP contribution in [0.1, 0.15) is 12.5 Å². The SMILES string of the molecule is CCN(CCO)c1ccc(C(F)(C(F)(F)F)C(F)(F)F)cc1. The highest BCUT2D eigenvalue weighted by atomic mass is 19.4. The molecule has 1 rings (SSSR count). The van der Waals surface area contributed by atoms with Crippen molar-refractivity contribution in [3.63, 3.8) is 0 Å². The molecule has 0 aromatic heterocycles. The van der Waals surface area contributed by atoms with Gasteiger partial charge < -0.3 is 10.0 Å². The number of aliphatic hydroxyl groups is 1. The summed E-state index contributed by atoms with van der Waals surface area (Å²) in [5, 5.41) is 8.83. The standard InChI is InChI=1S/C13H14F7NO/c1-2-21(7-8-22)10-5-3-9(4-6-10)11(14,12(15,16)17)13(18,19)20/h3-6,22H,2,7-8H2,1H3. The molecule has 126 valence electrons. The molecule has 0 amide bonds. The summed E-state index contributed by atoms with van der Waals surface area (Å²) in [6.45, 7) is 1.97. The fourth-order valence-corrected chi connectivity index (χ4v) is 1.98. The van der Waals surface area contributed by atoms with Crippen molar-refractivity contribution in [2.75, 3.05) is 24.6 Å². The van der Waals surface area contributed by atoms with E-state index in [0.717, 1.165) is 12.1 Å². The Bertz CT molecular complexity index is 467. The molecule has 1 aromatic rings. The number of anilines is 1. The van der Waals surface area contributed by atoms with E-state index in [-0.39, 0.29) is 18.8 Å². The van der Waals surface area contributed by atoms with Crippen molar-refractivity contribution in [2.24, 2.45) is 0 Å². The van der Waals surface area contributed by atoms with Crippen LogP contribution in [-0.4, -0.2) is 37.2 Å². The van der Waals surface area contributed by atoms with E-state index in [1.54, 1.807) is 6.92 Å². The fourth-order valence-electron chi connectivity index (χ4n) is 1.98. The molecule has 0 saturated heterocycles. The average molecular weight is 333 g/mol. The fraction of sp³-hybridized carbons (Fsp3) is 0.538. The lowest BCUT2D eigenvalue weighted by molar-refractivity contribution is -0.348. The number of nitrogens with zero attached hydrogens (tertiary/aromatic N) is 1. The Balaban J connectivity index is 3.26. The smallest absolute Gasteiger partial charge is 0.395 e. The number of alkyl halides is 7. The van der Waals surface area contributed by atoms with Crippen LogP contribution in [0, 0.1) is 0 Å². The number of rotatable bonds is 5. The molecule has 0 aliphatic rings. The van der Waals surface area contributed by atoms with Crippen molar-refractivity contribution in [1.29, 1.82) is 0 Å². The van der Waals surface area contributed by atoms with Crippen molar-refractivity contribution >= 4 is 5.69 Å². The number of halogens is 7. The second-order valence-electron chi connectivity index (χ2n) is 4.50. The number of likely N-dealkylation sites (N-methyl/N-ethyl adjacent to an activating group) is 1. The van der Waals surface area contributed by atoms with Gasteiger partial charge in [-0.3, -0.25) is 0 Å². The Labute approximate surface area is 122 Å². The molecule has 22 heavy (non-hydrogen) atoms. The van der Waals surface area contributed by atoms with E-state index in [1.165, 1.54) is 4.90 Å². The molecule has 1 N–H and O–H groups in total. The van der Waals surface area contributed by atoms with Gasteiger partial charge in [0.2, 0.25) is 0 Å². The number of hydrogen-bond acceptors (Lipinski definition) is 2. The van der Waals surface area contributed by atoms with Gasteiger partial charge in [-0.15, -0.1) is 0 Å². The van der Waals surface area contributed by atoms with Crippen LogP contribution in [0.2, 0.25) is 0 Å². The molecule has 0 atom stereocenters. The summed E-state index contributed by atoms with van der Waals surface area (Å²) in [4.78, 5) is 1.52. The summed E-state index contributed by atoms with van der Waals surface area (Å²) >= 11 is 0. The van der Waals surface area contributed by atoms with E-state index in [1.807, 2.05) is 0 Å². The first-order chi connectivity index (χ1) is 9.99. The van der Waals surface area contributed by atoms with Crippen molar-refractivity contribution < 1.29 is 35.8 Å². The van der Waals surface area contributed by atoms with Crippen LogP contribution in [0.5, 0.6) is 0 Å². The molecule has 0 bridgehead atoms. The minimum atomic E-state index is -6.12. The van der Waals surface area contributed by atoms with Gasteiger partial charge in [0.05, 0.1) is 6.61 Å². The summed E-state index contributed by atoms with van der Waals surface area (Å²) in [6.07, 6.45) is -12.2. The first-order valence-electron chi connectivity index (χ1n) is 6.27. The lowest BCUT2D eigenvalue weighted by Gasteiger charge is -2.31. The first-order valence-corrected chi connectivity index (χ1v) is 6.27. The van der Waals surface area contributed by atoms with Crippen molar-refractivity contribution in [3.05, 3.63) is 29.8 Å². The largest absolute Gasteiger partial charge is 0.435 e. The van der Waals surface area contributed by atoms with Gasteiger partial charge in [0.15, 0.2) is 0 Å². The van der Waals surface area contributed by atoms with Gasteiger partial charge in [-0.05, 0) is 19.1 Å². The van der Waals surface area contributed by atoms with Crippen LogP contribution in [0.3, 0.4) is 0 Å². The first kappa shape index (κ1) is 18.5. The Hall–Kier alpha value is -1.51. The predicted molar refractivity (Wildman–Crippen MR) is 66.3 cm³/mol. The Morgan fingerprint density at radius 1 is 0.909 bits per heavy atom. The number of aliphatic hydroxyl groups excluding tert-OH is 1. The van der Waals surface area contributed by atoms with Crippen LogP contribution in [-0.2, 0) is 5.67 Å². The summed E-state index contributed by atoms with van der Waals surface area (Å²) in [5.41, 5.74) is -6.67. The molecule has 0 fully saturated rings. The van der Waals surface area contributed by atoms with Crippen LogP contribution in [0.15, 0.2) is 24.3 Å². The van der Waals surface area contributed by atoms with Gasteiger partial charge >= 0.3 is 18.0 Å². The zero-order chi connectivity index (χ0) is 17.2. The van der Waals surface area contributed by atoms with E-state index in [4.69, 9.17) is 5.11 Å². The monoisotopic (exact) mass is 333 g/mol. The van der Waals surface area contributed by atoms with Crippen LogP contribution in [0.4, 0.5) is 36.4 Å². The second kappa shape index (κ2) is 6.31. The maximum Gasteiger partial charge on any atom is 0.435 e. The van der Waals surface area contributed by atoms with Gasteiger partial charge in [-0.1, -0.05) is 12.1 Å². The Kier molecular flexibility index (Phi) is 5.32. The highest BCUT2D eigenvalue weighted by molar-refractivity contribution is 5.48. The highest BCUT2D eigenvalue weighted by Crippen LogP contribution is 2.53. The molecule has 0 aliphatic carbocycles. The Morgan fingerprint density at radius 2 is 1.36 bits per heavy atom. The van der Waals surface area contributed by atoms with Crippen molar-refractivity contribution in [3.8, 4) is 0 Å². The van der Waals surface area contributed by atoms with E-state index in [9.17, 15) is 30.7 Å². The van der Waals surface area contributed by atoms with Gasteiger partial charge in [0.25, 0.3) is 0 Å².